The van der Waals surface area contributed by atoms with Crippen molar-refractivity contribution >= 4 is 17.2 Å². The van der Waals surface area contributed by atoms with Crippen LogP contribution in [0.25, 0.3) is 16.8 Å². The van der Waals surface area contributed by atoms with Gasteiger partial charge >= 0.3 is 6.18 Å². The van der Waals surface area contributed by atoms with E-state index < -0.39 is 35.5 Å². The minimum atomic E-state index is -4.66. The second-order valence-electron chi connectivity index (χ2n) is 8.40. The summed E-state index contributed by atoms with van der Waals surface area (Å²) in [7, 11) is 1.32. The molecule has 4 rings (SSSR count). The van der Waals surface area contributed by atoms with Crippen molar-refractivity contribution in [3.8, 4) is 22.8 Å². The maximum atomic E-state index is 15.6. The van der Waals surface area contributed by atoms with Crippen LogP contribution >= 0.6 is 0 Å². The molecule has 0 aliphatic carbocycles. The molecule has 3 N–H and O–H groups in total. The third kappa shape index (κ3) is 5.40. The number of nitrogens with two attached hydrogens (primary N) is 1. The van der Waals surface area contributed by atoms with E-state index in [1.165, 1.54) is 19.2 Å². The van der Waals surface area contributed by atoms with Crippen molar-refractivity contribution in [1.82, 2.24) is 24.9 Å². The summed E-state index contributed by atoms with van der Waals surface area (Å²) in [6.45, 7) is 2.41. The number of nitrogens with one attached hydrogen (secondary N) is 1. The lowest BCUT2D eigenvalue weighted by Gasteiger charge is -2.14. The Kier molecular flexibility index (Phi) is 7.56. The Balaban J connectivity index is 1.76. The standard InChI is InChI=1S/C25H23F5N6O3/c1-4-39-18-8-13(10-32-24(37)15-9-14(26)5-6-17(15)38-3)7-16(27)19(18)20-21-22(31)33-11-34-36(21)23(35-20)12(2)25(28,29)30/h5-9,11-12H,4,10H2,1-3H3,(H,32,37)(H2,31,33,34)/t12-/m0/s1. The molecule has 0 aliphatic rings. The molecule has 0 saturated carbocycles. The summed E-state index contributed by atoms with van der Waals surface area (Å²) >= 11 is 0. The predicted octanol–water partition coefficient (Wildman–Crippen LogP) is 4.65. The summed E-state index contributed by atoms with van der Waals surface area (Å²) in [4.78, 5) is 20.6. The van der Waals surface area contributed by atoms with Crippen LogP contribution in [0.5, 0.6) is 11.5 Å². The molecule has 2 heterocycles. The van der Waals surface area contributed by atoms with E-state index in [1.807, 2.05) is 0 Å². The van der Waals surface area contributed by atoms with Gasteiger partial charge in [-0.3, -0.25) is 4.79 Å². The molecule has 1 atom stereocenters. The zero-order valence-electron chi connectivity index (χ0n) is 20.9. The minimum absolute atomic E-state index is 0.0560. The van der Waals surface area contributed by atoms with Gasteiger partial charge in [0.1, 0.15) is 52.4 Å². The number of anilines is 1. The molecule has 39 heavy (non-hydrogen) atoms. The number of hydrogen-bond donors (Lipinski definition) is 2. The summed E-state index contributed by atoms with van der Waals surface area (Å²) < 4.78 is 81.5. The van der Waals surface area contributed by atoms with E-state index in [2.05, 4.69) is 20.4 Å². The molecule has 14 heteroatoms. The maximum absolute atomic E-state index is 15.6. The van der Waals surface area contributed by atoms with Crippen LogP contribution < -0.4 is 20.5 Å². The molecule has 2 aromatic carbocycles. The Bertz CT molecular complexity index is 1540. The zero-order valence-corrected chi connectivity index (χ0v) is 20.9. The number of hydrogen-bond acceptors (Lipinski definition) is 7. The predicted molar refractivity (Wildman–Crippen MR) is 130 cm³/mol. The average molecular weight is 550 g/mol. The highest BCUT2D eigenvalue weighted by Crippen LogP contribution is 2.41. The molecule has 0 saturated heterocycles. The highest BCUT2D eigenvalue weighted by Gasteiger charge is 2.41. The van der Waals surface area contributed by atoms with Crippen molar-refractivity contribution in [3.05, 3.63) is 65.2 Å². The van der Waals surface area contributed by atoms with Gasteiger partial charge < -0.3 is 20.5 Å². The van der Waals surface area contributed by atoms with E-state index >= 15 is 4.39 Å². The van der Waals surface area contributed by atoms with Gasteiger partial charge in [-0.2, -0.15) is 18.3 Å². The number of fused-ring (bicyclic) bond motifs is 1. The zero-order chi connectivity index (χ0) is 28.5. The van der Waals surface area contributed by atoms with Gasteiger partial charge in [-0.1, -0.05) is 0 Å². The molecular formula is C25H23F5N6O3. The van der Waals surface area contributed by atoms with Gasteiger partial charge in [0.15, 0.2) is 5.82 Å². The summed E-state index contributed by atoms with van der Waals surface area (Å²) in [5.74, 6) is -4.92. The van der Waals surface area contributed by atoms with Crippen molar-refractivity contribution in [2.24, 2.45) is 0 Å². The van der Waals surface area contributed by atoms with Crippen molar-refractivity contribution in [1.29, 1.82) is 0 Å². The monoisotopic (exact) mass is 550 g/mol. The lowest BCUT2D eigenvalue weighted by Crippen LogP contribution is -2.23. The van der Waals surface area contributed by atoms with Gasteiger partial charge in [0, 0.05) is 6.54 Å². The minimum Gasteiger partial charge on any atom is -0.496 e. The van der Waals surface area contributed by atoms with Crippen LogP contribution in [0.1, 0.15) is 41.5 Å². The molecule has 4 aromatic rings. The van der Waals surface area contributed by atoms with Gasteiger partial charge in [-0.15, -0.1) is 0 Å². The van der Waals surface area contributed by atoms with Crippen LogP contribution in [0, 0.1) is 11.6 Å². The van der Waals surface area contributed by atoms with Gasteiger partial charge in [-0.05, 0) is 49.7 Å². The molecule has 1 amide bonds. The molecule has 206 valence electrons. The Morgan fingerprint density at radius 1 is 1.18 bits per heavy atom. The molecule has 0 fully saturated rings. The number of methoxy groups -OCH3 is 1. The fraction of sp³-hybridized carbons (Fsp3) is 0.280. The van der Waals surface area contributed by atoms with E-state index in [4.69, 9.17) is 15.2 Å². The highest BCUT2D eigenvalue weighted by atomic mass is 19.4. The number of carbonyl (C=O) groups is 1. The number of alkyl halides is 3. The first-order valence-electron chi connectivity index (χ1n) is 11.6. The van der Waals surface area contributed by atoms with E-state index in [9.17, 15) is 22.4 Å². The fourth-order valence-corrected chi connectivity index (χ4v) is 3.95. The van der Waals surface area contributed by atoms with Crippen molar-refractivity contribution in [2.75, 3.05) is 19.5 Å². The van der Waals surface area contributed by atoms with Crippen molar-refractivity contribution < 1.29 is 36.2 Å². The summed E-state index contributed by atoms with van der Waals surface area (Å²) in [6, 6.07) is 5.90. The SMILES string of the molecule is CCOc1cc(CNC(=O)c2cc(F)ccc2OC)cc(F)c1-c1nc([C@H](C)C(F)(F)F)n2ncnc(N)c12. The number of nitrogen functional groups attached to an aromatic ring is 1. The topological polar surface area (TPSA) is 117 Å². The van der Waals surface area contributed by atoms with Crippen LogP contribution in [0.3, 0.4) is 0 Å². The first-order chi connectivity index (χ1) is 18.5. The summed E-state index contributed by atoms with van der Waals surface area (Å²) in [6.07, 6.45) is -3.69. The third-order valence-corrected chi connectivity index (χ3v) is 5.87. The lowest BCUT2D eigenvalue weighted by molar-refractivity contribution is -0.148. The number of halogens is 5. The number of benzene rings is 2. The van der Waals surface area contributed by atoms with Crippen LogP contribution in [0.2, 0.25) is 0 Å². The molecule has 0 aliphatic heterocycles. The molecule has 0 radical (unpaired) electrons. The maximum Gasteiger partial charge on any atom is 0.398 e. The molecule has 9 nitrogen and oxygen atoms in total. The van der Waals surface area contributed by atoms with E-state index in [1.54, 1.807) is 6.92 Å². The Hall–Kier alpha value is -4.49. The summed E-state index contributed by atoms with van der Waals surface area (Å²) in [5.41, 5.74) is 5.53. The first-order valence-corrected chi connectivity index (χ1v) is 11.6. The van der Waals surface area contributed by atoms with Crippen LogP contribution in [-0.2, 0) is 6.54 Å². The van der Waals surface area contributed by atoms with Crippen molar-refractivity contribution in [3.63, 3.8) is 0 Å². The second-order valence-corrected chi connectivity index (χ2v) is 8.40. The molecule has 0 spiro atoms. The normalized spacial score (nSPS) is 12.4. The van der Waals surface area contributed by atoms with Crippen LogP contribution in [-0.4, -0.2) is 45.4 Å². The quantitative estimate of drug-likeness (QED) is 0.307. The molecule has 2 aromatic heterocycles. The number of rotatable bonds is 8. The number of amides is 1. The fourth-order valence-electron chi connectivity index (χ4n) is 3.95. The molecule has 0 unspecified atom stereocenters. The van der Waals surface area contributed by atoms with Gasteiger partial charge in [0.2, 0.25) is 0 Å². The number of aromatic nitrogens is 4. The van der Waals surface area contributed by atoms with E-state index in [0.29, 0.717) is 0 Å². The van der Waals surface area contributed by atoms with Crippen molar-refractivity contribution in [2.45, 2.75) is 32.5 Å². The largest absolute Gasteiger partial charge is 0.496 e. The lowest BCUT2D eigenvalue weighted by atomic mass is 10.0. The van der Waals surface area contributed by atoms with Crippen LogP contribution in [0.4, 0.5) is 27.8 Å². The highest BCUT2D eigenvalue weighted by molar-refractivity contribution is 5.97. The van der Waals surface area contributed by atoms with E-state index in [0.717, 1.165) is 36.0 Å². The first kappa shape index (κ1) is 27.5. The Labute approximate surface area is 218 Å². The van der Waals surface area contributed by atoms with Gasteiger partial charge in [0.05, 0.1) is 24.8 Å². The van der Waals surface area contributed by atoms with Gasteiger partial charge in [0.25, 0.3) is 5.91 Å². The van der Waals surface area contributed by atoms with Crippen LogP contribution in [0.15, 0.2) is 36.7 Å². The smallest absolute Gasteiger partial charge is 0.398 e. The summed E-state index contributed by atoms with van der Waals surface area (Å²) in [5, 5.41) is 6.41. The molecular weight excluding hydrogens is 527 g/mol. The average Bonchev–Trinajstić information content (AvgIpc) is 3.26. The third-order valence-electron chi connectivity index (χ3n) is 5.87. The Morgan fingerprint density at radius 2 is 1.92 bits per heavy atom. The number of nitrogens with zero attached hydrogens (tertiary/aromatic N) is 4. The second kappa shape index (κ2) is 10.7. The van der Waals surface area contributed by atoms with E-state index in [-0.39, 0.29) is 58.4 Å². The Morgan fingerprint density at radius 3 is 2.59 bits per heavy atom. The number of imidazole rings is 1. The number of carbonyl (C=O) groups excluding carboxylic acids is 1. The van der Waals surface area contributed by atoms with Gasteiger partial charge in [-0.25, -0.2) is 23.3 Å². The number of ether oxygens (including phenoxy) is 2. The molecule has 0 bridgehead atoms.